The van der Waals surface area contributed by atoms with E-state index in [4.69, 9.17) is 9.73 Å². The topological polar surface area (TPSA) is 38.9 Å². The molecule has 0 bridgehead atoms. The number of ether oxygens (including phenoxy) is 1. The Labute approximate surface area is 297 Å². The fraction of sp³-hybridized carbons (Fsp3) is 0.0213. The van der Waals surface area contributed by atoms with Crippen LogP contribution in [0.15, 0.2) is 192 Å². The van der Waals surface area contributed by atoms with E-state index in [1.807, 2.05) is 48.5 Å². The maximum absolute atomic E-state index is 6.60. The summed E-state index contributed by atoms with van der Waals surface area (Å²) in [5.41, 5.74) is 12.5. The van der Waals surface area contributed by atoms with Crippen molar-refractivity contribution >= 4 is 39.9 Å². The Bertz CT molecular complexity index is 2620. The number of nitrogens with zero attached hydrogens (tertiary/aromatic N) is 3. The zero-order chi connectivity index (χ0) is 34.1. The summed E-state index contributed by atoms with van der Waals surface area (Å²) in [6, 6.07) is 61.4. The third-order valence-electron chi connectivity index (χ3n) is 9.59. The Balaban J connectivity index is 1.08. The summed E-state index contributed by atoms with van der Waals surface area (Å²) in [4.78, 5) is 9.49. The van der Waals surface area contributed by atoms with E-state index in [9.17, 15) is 0 Å². The van der Waals surface area contributed by atoms with Gasteiger partial charge in [-0.1, -0.05) is 140 Å². The first-order valence-electron chi connectivity index (χ1n) is 17.1. The largest absolute Gasteiger partial charge is 0.452 e. The van der Waals surface area contributed by atoms with Crippen LogP contribution in [0.3, 0.4) is 0 Å². The van der Waals surface area contributed by atoms with Crippen LogP contribution < -0.4 is 4.74 Å². The summed E-state index contributed by atoms with van der Waals surface area (Å²) in [5.74, 6) is 1.38. The van der Waals surface area contributed by atoms with E-state index in [2.05, 4.69) is 144 Å². The average molecular weight is 656 g/mol. The number of aliphatic imine (C=N–C) groups is 2. The smallest absolute Gasteiger partial charge is 0.179 e. The van der Waals surface area contributed by atoms with Gasteiger partial charge in [-0.25, -0.2) is 0 Å². The SMILES string of the molecule is C=N/C(=C1/Oc2cc(-c3ccc(-c4ccc5c6ccccc6n(-c6ccccc6)c5c4)cc3)ccc2C1=NCc1ccccc1)c1ccccc1. The van der Waals surface area contributed by atoms with Crippen LogP contribution in [-0.2, 0) is 6.54 Å². The van der Waals surface area contributed by atoms with Crippen LogP contribution >= 0.6 is 0 Å². The van der Waals surface area contributed by atoms with Crippen LogP contribution in [0.2, 0.25) is 0 Å². The van der Waals surface area contributed by atoms with Gasteiger partial charge in [-0.05, 0) is 70.9 Å². The number of aromatic nitrogens is 1. The fourth-order valence-corrected chi connectivity index (χ4v) is 7.08. The molecule has 2 heterocycles. The van der Waals surface area contributed by atoms with Gasteiger partial charge in [0.2, 0.25) is 0 Å². The molecule has 4 nitrogen and oxygen atoms in total. The summed E-state index contributed by atoms with van der Waals surface area (Å²) >= 11 is 0. The van der Waals surface area contributed by atoms with E-state index in [1.165, 1.54) is 27.4 Å². The zero-order valence-corrected chi connectivity index (χ0v) is 27.9. The highest BCUT2D eigenvalue weighted by molar-refractivity contribution is 6.19. The summed E-state index contributed by atoms with van der Waals surface area (Å²) in [7, 11) is 0. The quantitative estimate of drug-likeness (QED) is 0.158. The fourth-order valence-electron chi connectivity index (χ4n) is 7.08. The van der Waals surface area contributed by atoms with Gasteiger partial charge in [0.25, 0.3) is 0 Å². The first-order chi connectivity index (χ1) is 25.2. The average Bonchev–Trinajstić information content (AvgIpc) is 3.73. The second-order valence-corrected chi connectivity index (χ2v) is 12.7. The zero-order valence-electron chi connectivity index (χ0n) is 27.9. The molecule has 0 atom stereocenters. The van der Waals surface area contributed by atoms with Gasteiger partial charge in [0.05, 0.1) is 17.6 Å². The van der Waals surface area contributed by atoms with Crippen LogP contribution in [0.25, 0.3) is 55.4 Å². The normalized spacial score (nSPS) is 14.1. The Morgan fingerprint density at radius 3 is 1.86 bits per heavy atom. The molecule has 0 N–H and O–H groups in total. The van der Waals surface area contributed by atoms with Crippen LogP contribution in [0.4, 0.5) is 0 Å². The van der Waals surface area contributed by atoms with Crippen molar-refractivity contribution in [1.82, 2.24) is 4.57 Å². The summed E-state index contributed by atoms with van der Waals surface area (Å²) in [5, 5.41) is 2.50. The maximum Gasteiger partial charge on any atom is 0.179 e. The molecule has 51 heavy (non-hydrogen) atoms. The lowest BCUT2D eigenvalue weighted by Crippen LogP contribution is -2.05. The number of para-hydroxylation sites is 2. The van der Waals surface area contributed by atoms with Gasteiger partial charge < -0.3 is 9.30 Å². The second kappa shape index (κ2) is 12.9. The van der Waals surface area contributed by atoms with Crippen LogP contribution in [0, 0.1) is 0 Å². The van der Waals surface area contributed by atoms with Gasteiger partial charge >= 0.3 is 0 Å². The van der Waals surface area contributed by atoms with Crippen LogP contribution in [0.1, 0.15) is 16.7 Å². The summed E-state index contributed by atoms with van der Waals surface area (Å²) < 4.78 is 8.96. The monoisotopic (exact) mass is 655 g/mol. The van der Waals surface area contributed by atoms with Gasteiger partial charge in [0.1, 0.15) is 17.2 Å². The van der Waals surface area contributed by atoms with Crippen molar-refractivity contribution in [1.29, 1.82) is 0 Å². The van der Waals surface area contributed by atoms with Crippen molar-refractivity contribution < 1.29 is 4.74 Å². The van der Waals surface area contributed by atoms with Gasteiger partial charge in [0, 0.05) is 27.6 Å². The number of hydrogen-bond donors (Lipinski definition) is 0. The minimum atomic E-state index is 0.531. The van der Waals surface area contributed by atoms with Gasteiger partial charge in [0.15, 0.2) is 5.76 Å². The lowest BCUT2D eigenvalue weighted by atomic mass is 9.98. The van der Waals surface area contributed by atoms with Crippen molar-refractivity contribution in [3.05, 3.63) is 198 Å². The van der Waals surface area contributed by atoms with Gasteiger partial charge in [-0.2, -0.15) is 0 Å². The molecule has 0 aliphatic carbocycles. The first kappa shape index (κ1) is 30.3. The van der Waals surface area contributed by atoms with E-state index < -0.39 is 0 Å². The number of rotatable bonds is 7. The summed E-state index contributed by atoms with van der Waals surface area (Å²) in [6.07, 6.45) is 0. The van der Waals surface area contributed by atoms with Gasteiger partial charge in [-0.15, -0.1) is 0 Å². The molecule has 0 saturated heterocycles. The highest BCUT2D eigenvalue weighted by Crippen LogP contribution is 2.40. The Morgan fingerprint density at radius 1 is 0.549 bits per heavy atom. The van der Waals surface area contributed by atoms with Gasteiger partial charge in [-0.3, -0.25) is 9.98 Å². The molecule has 0 saturated carbocycles. The maximum atomic E-state index is 6.60. The highest BCUT2D eigenvalue weighted by atomic mass is 16.5. The molecule has 1 aromatic heterocycles. The van der Waals surface area contributed by atoms with Crippen molar-refractivity contribution in [3.63, 3.8) is 0 Å². The van der Waals surface area contributed by atoms with Crippen LogP contribution in [0.5, 0.6) is 5.75 Å². The molecular weight excluding hydrogens is 623 g/mol. The highest BCUT2D eigenvalue weighted by Gasteiger charge is 2.29. The molecule has 4 heteroatoms. The van der Waals surface area contributed by atoms with E-state index in [0.717, 1.165) is 50.5 Å². The van der Waals surface area contributed by atoms with Crippen molar-refractivity contribution in [2.45, 2.75) is 6.54 Å². The third-order valence-corrected chi connectivity index (χ3v) is 9.59. The Hall–Kier alpha value is -6.78. The Morgan fingerprint density at radius 2 is 1.14 bits per heavy atom. The molecule has 1 aliphatic heterocycles. The molecule has 0 spiro atoms. The lowest BCUT2D eigenvalue weighted by Gasteiger charge is -2.10. The van der Waals surface area contributed by atoms with E-state index in [1.54, 1.807) is 0 Å². The lowest BCUT2D eigenvalue weighted by molar-refractivity contribution is 0.470. The molecule has 0 radical (unpaired) electrons. The van der Waals surface area contributed by atoms with Crippen molar-refractivity contribution in [2.75, 3.05) is 0 Å². The third kappa shape index (κ3) is 5.53. The molecule has 8 aromatic rings. The van der Waals surface area contributed by atoms with Crippen molar-refractivity contribution in [2.24, 2.45) is 9.98 Å². The standard InChI is InChI=1S/C47H33N3O/c1-48-45(35-15-7-3-8-16-35)47-46(49-31-32-13-5-2-6-14-32)41-28-26-37(30-44(41)51-47)34-23-21-33(22-24-34)36-25-27-40-39-19-11-12-20-42(39)50(43(40)29-36)38-17-9-4-10-18-38/h2-30H,1,31H2/b47-45+,49-46?. The molecule has 0 amide bonds. The molecule has 1 aliphatic rings. The molecule has 242 valence electrons. The number of fused-ring (bicyclic) bond motifs is 4. The van der Waals surface area contributed by atoms with Crippen LogP contribution in [-0.4, -0.2) is 17.0 Å². The molecular formula is C47H33N3O. The predicted molar refractivity (Wildman–Crippen MR) is 212 cm³/mol. The molecule has 0 unspecified atom stereocenters. The predicted octanol–water partition coefficient (Wildman–Crippen LogP) is 11.6. The Kier molecular flexibility index (Phi) is 7.67. The first-order valence-corrected chi connectivity index (χ1v) is 17.1. The van der Waals surface area contributed by atoms with Crippen molar-refractivity contribution in [3.8, 4) is 33.7 Å². The molecule has 7 aromatic carbocycles. The second-order valence-electron chi connectivity index (χ2n) is 12.7. The van der Waals surface area contributed by atoms with E-state index in [0.29, 0.717) is 18.0 Å². The van der Waals surface area contributed by atoms with E-state index >= 15 is 0 Å². The number of hydrogen-bond acceptors (Lipinski definition) is 3. The molecule has 9 rings (SSSR count). The van der Waals surface area contributed by atoms with E-state index in [-0.39, 0.29) is 0 Å². The number of allylic oxidation sites excluding steroid dienone is 1. The minimum absolute atomic E-state index is 0.531. The molecule has 0 fully saturated rings. The number of benzene rings is 7. The minimum Gasteiger partial charge on any atom is -0.452 e. The summed E-state index contributed by atoms with van der Waals surface area (Å²) in [6.45, 7) is 4.43.